The van der Waals surface area contributed by atoms with Crippen molar-refractivity contribution in [2.45, 2.75) is 38.6 Å². The number of anilines is 1. The zero-order chi connectivity index (χ0) is 17.2. The van der Waals surface area contributed by atoms with Crippen molar-refractivity contribution in [1.29, 1.82) is 0 Å². The number of hydrogen-bond acceptors (Lipinski definition) is 4. The van der Waals surface area contributed by atoms with Crippen LogP contribution in [-0.4, -0.2) is 43.1 Å². The number of ether oxygens (including phenoxy) is 1. The molecule has 2 fully saturated rings. The Balaban J connectivity index is 1.67. The van der Waals surface area contributed by atoms with E-state index in [0.717, 1.165) is 44.9 Å². The van der Waals surface area contributed by atoms with Crippen molar-refractivity contribution in [2.24, 2.45) is 0 Å². The molecule has 25 heavy (non-hydrogen) atoms. The Morgan fingerprint density at radius 3 is 2.48 bits per heavy atom. The molecule has 0 unspecified atom stereocenters. The van der Waals surface area contributed by atoms with Gasteiger partial charge in [-0.2, -0.15) is 5.10 Å². The molecule has 4 rings (SSSR count). The summed E-state index contributed by atoms with van der Waals surface area (Å²) in [4.78, 5) is 2.56. The van der Waals surface area contributed by atoms with Gasteiger partial charge in [0.2, 0.25) is 0 Å². The molecular weight excluding hydrogens is 312 g/mol. The maximum Gasteiger partial charge on any atom is 0.118 e. The molecule has 2 aliphatic rings. The summed E-state index contributed by atoms with van der Waals surface area (Å²) in [6.07, 6.45) is 3.60. The van der Waals surface area contributed by atoms with Crippen LogP contribution in [0.4, 0.5) is 5.69 Å². The molecule has 1 aliphatic heterocycles. The summed E-state index contributed by atoms with van der Waals surface area (Å²) in [5.74, 6) is 1.60. The van der Waals surface area contributed by atoms with Crippen LogP contribution < -0.4 is 15.0 Å². The minimum absolute atomic E-state index is 0.691. The fourth-order valence-corrected chi connectivity index (χ4v) is 3.77. The van der Waals surface area contributed by atoms with Crippen molar-refractivity contribution in [3.63, 3.8) is 0 Å². The van der Waals surface area contributed by atoms with Crippen molar-refractivity contribution in [1.82, 2.24) is 15.1 Å². The quantitative estimate of drug-likeness (QED) is 0.878. The first-order chi connectivity index (χ1) is 12.3. The highest BCUT2D eigenvalue weighted by molar-refractivity contribution is 5.58. The van der Waals surface area contributed by atoms with Crippen LogP contribution in [0.25, 0.3) is 0 Å². The number of aryl methyl sites for hydroxylation is 1. The minimum Gasteiger partial charge on any atom is -0.497 e. The molecule has 1 aliphatic carbocycles. The van der Waals surface area contributed by atoms with E-state index >= 15 is 0 Å². The molecule has 1 aromatic heterocycles. The lowest BCUT2D eigenvalue weighted by molar-refractivity contribution is 0.414. The smallest absolute Gasteiger partial charge is 0.118 e. The highest BCUT2D eigenvalue weighted by Crippen LogP contribution is 2.46. The first-order valence-corrected chi connectivity index (χ1v) is 9.48. The molecule has 0 atom stereocenters. The zero-order valence-electron chi connectivity index (χ0n) is 15.3. The molecule has 0 radical (unpaired) electrons. The first kappa shape index (κ1) is 16.5. The lowest BCUT2D eigenvalue weighted by Crippen LogP contribution is -2.44. The van der Waals surface area contributed by atoms with Crippen LogP contribution in [0.5, 0.6) is 5.75 Å². The highest BCUT2D eigenvalue weighted by atomic mass is 16.5. The van der Waals surface area contributed by atoms with Gasteiger partial charge in [0.15, 0.2) is 0 Å². The van der Waals surface area contributed by atoms with Gasteiger partial charge in [0.1, 0.15) is 5.75 Å². The predicted molar refractivity (Wildman–Crippen MR) is 101 cm³/mol. The largest absolute Gasteiger partial charge is 0.497 e. The molecule has 134 valence electrons. The SMILES string of the molecule is CCc1nn(Cc2ccc(OC)cc2)c(C2CC2)c1N1CCNCC1. The van der Waals surface area contributed by atoms with E-state index in [4.69, 9.17) is 9.84 Å². The van der Waals surface area contributed by atoms with Gasteiger partial charge in [-0.25, -0.2) is 0 Å². The van der Waals surface area contributed by atoms with Crippen molar-refractivity contribution in [3.05, 3.63) is 41.2 Å². The van der Waals surface area contributed by atoms with Crippen LogP contribution in [0.15, 0.2) is 24.3 Å². The maximum atomic E-state index is 5.28. The molecule has 5 nitrogen and oxygen atoms in total. The molecule has 1 N–H and O–H groups in total. The molecule has 1 saturated carbocycles. The molecule has 5 heteroatoms. The fourth-order valence-electron chi connectivity index (χ4n) is 3.77. The third kappa shape index (κ3) is 3.38. The number of nitrogens with one attached hydrogen (secondary N) is 1. The van der Waals surface area contributed by atoms with Gasteiger partial charge >= 0.3 is 0 Å². The average Bonchev–Trinajstić information content (AvgIpc) is 3.44. The van der Waals surface area contributed by atoms with Gasteiger partial charge in [-0.05, 0) is 37.0 Å². The Hall–Kier alpha value is -2.01. The molecule has 2 aromatic rings. The summed E-state index contributed by atoms with van der Waals surface area (Å²) in [6.45, 7) is 7.37. The summed E-state index contributed by atoms with van der Waals surface area (Å²) in [7, 11) is 1.71. The van der Waals surface area contributed by atoms with Gasteiger partial charge in [-0.3, -0.25) is 4.68 Å². The molecule has 1 aromatic carbocycles. The molecule has 2 heterocycles. The van der Waals surface area contributed by atoms with Gasteiger partial charge in [0.05, 0.1) is 30.7 Å². The van der Waals surface area contributed by atoms with Crippen LogP contribution in [-0.2, 0) is 13.0 Å². The molecule has 0 amide bonds. The number of hydrogen-bond donors (Lipinski definition) is 1. The van der Waals surface area contributed by atoms with Gasteiger partial charge in [0, 0.05) is 32.1 Å². The summed E-state index contributed by atoms with van der Waals surface area (Å²) < 4.78 is 7.55. The molecular formula is C20H28N4O. The standard InChI is InChI=1S/C20H28N4O/c1-3-18-20(23-12-10-21-11-13-23)19(16-6-7-16)24(22-18)14-15-4-8-17(25-2)9-5-15/h4-5,8-9,16,21H,3,6-7,10-14H2,1-2H3. The molecule has 1 saturated heterocycles. The van der Waals surface area contributed by atoms with Gasteiger partial charge in [-0.1, -0.05) is 19.1 Å². The lowest BCUT2D eigenvalue weighted by atomic mass is 10.1. The molecule has 0 bridgehead atoms. The minimum atomic E-state index is 0.691. The third-order valence-corrected chi connectivity index (χ3v) is 5.26. The van der Waals surface area contributed by atoms with Gasteiger partial charge in [0.25, 0.3) is 0 Å². The molecule has 0 spiro atoms. The van der Waals surface area contributed by atoms with E-state index in [1.165, 1.54) is 35.5 Å². The Bertz CT molecular complexity index is 712. The second kappa shape index (κ2) is 7.08. The number of rotatable bonds is 6. The Labute approximate surface area is 150 Å². The first-order valence-electron chi connectivity index (χ1n) is 9.48. The Kier molecular flexibility index (Phi) is 4.66. The number of benzene rings is 1. The number of nitrogens with zero attached hydrogens (tertiary/aromatic N) is 3. The second-order valence-electron chi connectivity index (χ2n) is 7.05. The van der Waals surface area contributed by atoms with Crippen LogP contribution >= 0.6 is 0 Å². The van der Waals surface area contributed by atoms with E-state index in [2.05, 4.69) is 34.0 Å². The summed E-state index contributed by atoms with van der Waals surface area (Å²) in [5.41, 5.74) is 5.44. The van der Waals surface area contributed by atoms with Crippen molar-refractivity contribution in [3.8, 4) is 5.75 Å². The number of aromatic nitrogens is 2. The zero-order valence-corrected chi connectivity index (χ0v) is 15.3. The lowest BCUT2D eigenvalue weighted by Gasteiger charge is -2.30. The van der Waals surface area contributed by atoms with Crippen LogP contribution in [0, 0.1) is 0 Å². The fraction of sp³-hybridized carbons (Fsp3) is 0.550. The van der Waals surface area contributed by atoms with Crippen LogP contribution in [0.3, 0.4) is 0 Å². The van der Waals surface area contributed by atoms with Gasteiger partial charge < -0.3 is 15.0 Å². The monoisotopic (exact) mass is 340 g/mol. The van der Waals surface area contributed by atoms with E-state index in [-0.39, 0.29) is 0 Å². The summed E-state index contributed by atoms with van der Waals surface area (Å²) >= 11 is 0. The van der Waals surface area contributed by atoms with Crippen molar-refractivity contribution >= 4 is 5.69 Å². The van der Waals surface area contributed by atoms with Crippen LogP contribution in [0.1, 0.15) is 42.6 Å². The summed E-state index contributed by atoms with van der Waals surface area (Å²) in [5, 5.41) is 8.49. The van der Waals surface area contributed by atoms with E-state index in [0.29, 0.717) is 5.92 Å². The van der Waals surface area contributed by atoms with E-state index in [9.17, 15) is 0 Å². The highest BCUT2D eigenvalue weighted by Gasteiger charge is 2.34. The topological polar surface area (TPSA) is 42.3 Å². The normalized spacial score (nSPS) is 17.8. The Morgan fingerprint density at radius 2 is 1.88 bits per heavy atom. The Morgan fingerprint density at radius 1 is 1.16 bits per heavy atom. The predicted octanol–water partition coefficient (Wildman–Crippen LogP) is 2.79. The maximum absolute atomic E-state index is 5.28. The van der Waals surface area contributed by atoms with E-state index in [1.807, 2.05) is 12.1 Å². The van der Waals surface area contributed by atoms with Crippen molar-refractivity contribution in [2.75, 3.05) is 38.2 Å². The van der Waals surface area contributed by atoms with E-state index in [1.54, 1.807) is 7.11 Å². The van der Waals surface area contributed by atoms with Crippen molar-refractivity contribution < 1.29 is 4.74 Å². The van der Waals surface area contributed by atoms with Gasteiger partial charge in [-0.15, -0.1) is 0 Å². The summed E-state index contributed by atoms with van der Waals surface area (Å²) in [6, 6.07) is 8.36. The number of piperazine rings is 1. The third-order valence-electron chi connectivity index (χ3n) is 5.26. The average molecular weight is 340 g/mol. The van der Waals surface area contributed by atoms with E-state index < -0.39 is 0 Å². The number of methoxy groups -OCH3 is 1. The second-order valence-corrected chi connectivity index (χ2v) is 7.05. The van der Waals surface area contributed by atoms with Crippen LogP contribution in [0.2, 0.25) is 0 Å².